The fourth-order valence-corrected chi connectivity index (χ4v) is 2.95. The molecule has 1 aliphatic rings. The van der Waals surface area contributed by atoms with Crippen LogP contribution in [-0.2, 0) is 0 Å². The second kappa shape index (κ2) is 6.25. The summed E-state index contributed by atoms with van der Waals surface area (Å²) in [5, 5.41) is 7.77. The Bertz CT molecular complexity index is 704. The van der Waals surface area contributed by atoms with Crippen LogP contribution in [0.2, 0.25) is 0 Å². The number of nitrogens with zero attached hydrogens (tertiary/aromatic N) is 4. The second-order valence-electron chi connectivity index (χ2n) is 5.93. The van der Waals surface area contributed by atoms with Gasteiger partial charge in [0, 0.05) is 24.0 Å². The summed E-state index contributed by atoms with van der Waals surface area (Å²) in [4.78, 5) is 20.6. The molecule has 0 aromatic carbocycles. The van der Waals surface area contributed by atoms with E-state index in [9.17, 15) is 4.79 Å². The lowest BCUT2D eigenvalue weighted by Gasteiger charge is -2.29. The van der Waals surface area contributed by atoms with Gasteiger partial charge in [-0.1, -0.05) is 0 Å². The zero-order chi connectivity index (χ0) is 15.5. The molecule has 0 amide bonds. The minimum absolute atomic E-state index is 0.0102. The average molecular weight is 299 g/mol. The summed E-state index contributed by atoms with van der Waals surface area (Å²) in [5.41, 5.74) is 1.83. The SMILES string of the molecule is Cc1ccnc(NC2CCC(n3nc(C)ccc3=O)CC2)n1. The van der Waals surface area contributed by atoms with E-state index in [0.29, 0.717) is 12.0 Å². The number of aromatic nitrogens is 4. The van der Waals surface area contributed by atoms with Crippen molar-refractivity contribution in [1.82, 2.24) is 19.7 Å². The molecule has 1 fully saturated rings. The molecule has 0 bridgehead atoms. The summed E-state index contributed by atoms with van der Waals surface area (Å²) < 4.78 is 1.65. The first-order valence-electron chi connectivity index (χ1n) is 7.74. The monoisotopic (exact) mass is 299 g/mol. The molecule has 22 heavy (non-hydrogen) atoms. The van der Waals surface area contributed by atoms with Crippen LogP contribution in [0, 0.1) is 13.8 Å². The van der Waals surface area contributed by atoms with Crippen LogP contribution in [0.1, 0.15) is 43.1 Å². The highest BCUT2D eigenvalue weighted by Crippen LogP contribution is 2.28. The van der Waals surface area contributed by atoms with Crippen molar-refractivity contribution in [3.05, 3.63) is 46.1 Å². The molecule has 0 radical (unpaired) electrons. The Balaban J connectivity index is 1.63. The molecule has 2 aromatic rings. The van der Waals surface area contributed by atoms with Crippen LogP contribution in [0.15, 0.2) is 29.2 Å². The van der Waals surface area contributed by atoms with Crippen LogP contribution in [-0.4, -0.2) is 25.8 Å². The van der Waals surface area contributed by atoms with E-state index in [2.05, 4.69) is 20.4 Å². The summed E-state index contributed by atoms with van der Waals surface area (Å²) in [6, 6.07) is 5.81. The minimum Gasteiger partial charge on any atom is -0.351 e. The predicted molar refractivity (Wildman–Crippen MR) is 84.9 cm³/mol. The van der Waals surface area contributed by atoms with E-state index >= 15 is 0 Å². The Morgan fingerprint density at radius 1 is 1.09 bits per heavy atom. The quantitative estimate of drug-likeness (QED) is 0.941. The molecule has 1 saturated carbocycles. The second-order valence-corrected chi connectivity index (χ2v) is 5.93. The average Bonchev–Trinajstić information content (AvgIpc) is 2.51. The summed E-state index contributed by atoms with van der Waals surface area (Å²) in [6.07, 6.45) is 5.64. The van der Waals surface area contributed by atoms with Gasteiger partial charge in [0.1, 0.15) is 0 Å². The third-order valence-corrected chi connectivity index (χ3v) is 4.13. The molecular weight excluding hydrogens is 278 g/mol. The first kappa shape index (κ1) is 14.7. The highest BCUT2D eigenvalue weighted by atomic mass is 16.1. The number of anilines is 1. The molecule has 1 N–H and O–H groups in total. The van der Waals surface area contributed by atoms with Gasteiger partial charge in [-0.15, -0.1) is 0 Å². The molecular formula is C16H21N5O. The van der Waals surface area contributed by atoms with Crippen LogP contribution in [0.3, 0.4) is 0 Å². The van der Waals surface area contributed by atoms with Crippen molar-refractivity contribution in [1.29, 1.82) is 0 Å². The van der Waals surface area contributed by atoms with Gasteiger partial charge in [0.2, 0.25) is 5.95 Å². The summed E-state index contributed by atoms with van der Waals surface area (Å²) in [6.45, 7) is 3.87. The van der Waals surface area contributed by atoms with E-state index in [4.69, 9.17) is 0 Å². The molecule has 2 aromatic heterocycles. The highest BCUT2D eigenvalue weighted by Gasteiger charge is 2.24. The molecule has 6 nitrogen and oxygen atoms in total. The van der Waals surface area contributed by atoms with Gasteiger partial charge in [-0.3, -0.25) is 4.79 Å². The first-order valence-corrected chi connectivity index (χ1v) is 7.74. The maximum atomic E-state index is 11.9. The number of nitrogens with one attached hydrogen (secondary N) is 1. The largest absolute Gasteiger partial charge is 0.351 e. The maximum absolute atomic E-state index is 11.9. The molecule has 0 unspecified atom stereocenters. The molecule has 0 spiro atoms. The van der Waals surface area contributed by atoms with Crippen molar-refractivity contribution < 1.29 is 0 Å². The van der Waals surface area contributed by atoms with Gasteiger partial charge in [0.15, 0.2) is 0 Å². The normalized spacial score (nSPS) is 21.5. The van der Waals surface area contributed by atoms with Gasteiger partial charge in [-0.2, -0.15) is 5.10 Å². The van der Waals surface area contributed by atoms with Crippen molar-refractivity contribution in [3.63, 3.8) is 0 Å². The molecule has 0 atom stereocenters. The smallest absolute Gasteiger partial charge is 0.267 e. The summed E-state index contributed by atoms with van der Waals surface area (Å²) >= 11 is 0. The Morgan fingerprint density at radius 3 is 2.59 bits per heavy atom. The molecule has 3 rings (SSSR count). The van der Waals surface area contributed by atoms with Crippen molar-refractivity contribution >= 4 is 5.95 Å². The molecule has 2 heterocycles. The van der Waals surface area contributed by atoms with Gasteiger partial charge in [0.25, 0.3) is 5.56 Å². The van der Waals surface area contributed by atoms with Gasteiger partial charge >= 0.3 is 0 Å². The number of aryl methyl sites for hydroxylation is 2. The molecule has 0 aliphatic heterocycles. The molecule has 6 heteroatoms. The highest BCUT2D eigenvalue weighted by molar-refractivity contribution is 5.26. The predicted octanol–water partition coefficient (Wildman–Crippen LogP) is 2.25. The standard InChI is InChI=1S/C16H21N5O/c1-11-9-10-17-16(18-11)19-13-4-6-14(7-5-13)21-15(22)8-3-12(2)20-21/h3,8-10,13-14H,4-7H2,1-2H3,(H,17,18,19). The van der Waals surface area contributed by atoms with E-state index in [1.165, 1.54) is 0 Å². The first-order chi connectivity index (χ1) is 10.6. The lowest BCUT2D eigenvalue weighted by Crippen LogP contribution is -2.33. The van der Waals surface area contributed by atoms with Gasteiger partial charge in [-0.05, 0) is 51.7 Å². The lowest BCUT2D eigenvalue weighted by atomic mass is 9.91. The minimum atomic E-state index is -0.0102. The number of hydrogen-bond donors (Lipinski definition) is 1. The molecule has 0 saturated heterocycles. The number of rotatable bonds is 3. The molecule has 116 valence electrons. The van der Waals surface area contributed by atoms with Crippen LogP contribution < -0.4 is 10.9 Å². The summed E-state index contributed by atoms with van der Waals surface area (Å²) in [5.74, 6) is 0.689. The Kier molecular flexibility index (Phi) is 4.18. The fraction of sp³-hybridized carbons (Fsp3) is 0.500. The van der Waals surface area contributed by atoms with Gasteiger partial charge in [-0.25, -0.2) is 14.6 Å². The van der Waals surface area contributed by atoms with Crippen molar-refractivity contribution in [2.75, 3.05) is 5.32 Å². The van der Waals surface area contributed by atoms with Crippen molar-refractivity contribution in [2.45, 2.75) is 51.6 Å². The Labute approximate surface area is 129 Å². The fourth-order valence-electron chi connectivity index (χ4n) is 2.95. The Morgan fingerprint density at radius 2 is 1.86 bits per heavy atom. The Hall–Kier alpha value is -2.24. The van der Waals surface area contributed by atoms with E-state index in [1.54, 1.807) is 23.0 Å². The maximum Gasteiger partial charge on any atom is 0.267 e. The van der Waals surface area contributed by atoms with Gasteiger partial charge < -0.3 is 5.32 Å². The van der Waals surface area contributed by atoms with E-state index in [-0.39, 0.29) is 11.6 Å². The van der Waals surface area contributed by atoms with Crippen LogP contribution in [0.25, 0.3) is 0 Å². The van der Waals surface area contributed by atoms with Crippen molar-refractivity contribution in [3.8, 4) is 0 Å². The zero-order valence-corrected chi connectivity index (χ0v) is 13.0. The summed E-state index contributed by atoms with van der Waals surface area (Å²) in [7, 11) is 0. The van der Waals surface area contributed by atoms with Crippen LogP contribution in [0.5, 0.6) is 0 Å². The van der Waals surface area contributed by atoms with E-state index in [0.717, 1.165) is 37.1 Å². The van der Waals surface area contributed by atoms with Crippen LogP contribution >= 0.6 is 0 Å². The van der Waals surface area contributed by atoms with Crippen LogP contribution in [0.4, 0.5) is 5.95 Å². The molecule has 1 aliphatic carbocycles. The van der Waals surface area contributed by atoms with Crippen molar-refractivity contribution in [2.24, 2.45) is 0 Å². The third-order valence-electron chi connectivity index (χ3n) is 4.13. The lowest BCUT2D eigenvalue weighted by molar-refractivity contribution is 0.302. The van der Waals surface area contributed by atoms with E-state index < -0.39 is 0 Å². The number of hydrogen-bond acceptors (Lipinski definition) is 5. The topological polar surface area (TPSA) is 72.7 Å². The van der Waals surface area contributed by atoms with Gasteiger partial charge in [0.05, 0.1) is 11.7 Å². The van der Waals surface area contributed by atoms with E-state index in [1.807, 2.05) is 19.9 Å². The third kappa shape index (κ3) is 3.32. The zero-order valence-electron chi connectivity index (χ0n) is 13.0.